The number of amides is 1. The first-order chi connectivity index (χ1) is 15.2. The van der Waals surface area contributed by atoms with Crippen molar-refractivity contribution in [2.75, 3.05) is 19.7 Å². The van der Waals surface area contributed by atoms with E-state index in [1.54, 1.807) is 6.92 Å². The number of nitrogens with two attached hydrogens (primary N) is 1. The maximum Gasteiger partial charge on any atom is 0.222 e. The molecule has 2 aliphatic heterocycles. The first-order valence-electron chi connectivity index (χ1n) is 10.9. The summed E-state index contributed by atoms with van der Waals surface area (Å²) in [7, 11) is 0. The van der Waals surface area contributed by atoms with E-state index in [0.29, 0.717) is 49.8 Å². The van der Waals surface area contributed by atoms with Crippen LogP contribution >= 0.6 is 0 Å². The number of halogens is 1. The third-order valence-electron chi connectivity index (χ3n) is 5.50. The quantitative estimate of drug-likeness (QED) is 0.478. The van der Waals surface area contributed by atoms with Crippen LogP contribution in [0.2, 0.25) is 0 Å². The molecule has 32 heavy (non-hydrogen) atoms. The van der Waals surface area contributed by atoms with Gasteiger partial charge in [-0.2, -0.15) is 4.39 Å². The second-order valence-electron chi connectivity index (χ2n) is 8.48. The monoisotopic (exact) mass is 441 g/mol. The number of ether oxygens (including phenoxy) is 1. The number of nitrogens with zero attached hydrogens (tertiary/aromatic N) is 3. The van der Waals surface area contributed by atoms with Crippen molar-refractivity contribution in [3.05, 3.63) is 52.7 Å². The number of benzene rings is 1. The van der Waals surface area contributed by atoms with Crippen LogP contribution in [0, 0.1) is 12.8 Å². The van der Waals surface area contributed by atoms with Crippen LogP contribution in [-0.4, -0.2) is 42.2 Å². The van der Waals surface area contributed by atoms with Gasteiger partial charge in [-0.15, -0.1) is 0 Å². The van der Waals surface area contributed by atoms with Crippen LogP contribution in [0.4, 0.5) is 4.39 Å². The number of aliphatic imine (C=N–C) groups is 2. The van der Waals surface area contributed by atoms with Gasteiger partial charge in [0.2, 0.25) is 11.9 Å². The number of hydrogen-bond donors (Lipinski definition) is 2. The lowest BCUT2D eigenvalue weighted by molar-refractivity contribution is -0.123. The minimum Gasteiger partial charge on any atom is -0.493 e. The summed E-state index contributed by atoms with van der Waals surface area (Å²) in [5.74, 6) is 1.09. The van der Waals surface area contributed by atoms with Gasteiger partial charge in [-0.1, -0.05) is 19.9 Å². The highest BCUT2D eigenvalue weighted by molar-refractivity contribution is 6.16. The molecule has 0 fully saturated rings. The van der Waals surface area contributed by atoms with Gasteiger partial charge in [-0.3, -0.25) is 4.79 Å². The van der Waals surface area contributed by atoms with E-state index in [2.05, 4.69) is 35.9 Å². The Hall–Kier alpha value is -3.16. The summed E-state index contributed by atoms with van der Waals surface area (Å²) in [6, 6.07) is 4.21. The maximum absolute atomic E-state index is 13.7. The number of allylic oxidation sites excluding steroid dienone is 1. The normalized spacial score (nSPS) is 18.0. The van der Waals surface area contributed by atoms with Gasteiger partial charge in [-0.05, 0) is 49.6 Å². The summed E-state index contributed by atoms with van der Waals surface area (Å²) in [4.78, 5) is 22.4. The zero-order valence-electron chi connectivity index (χ0n) is 19.3. The van der Waals surface area contributed by atoms with Gasteiger partial charge < -0.3 is 20.7 Å². The average Bonchev–Trinajstić information content (AvgIpc) is 3.29. The van der Waals surface area contributed by atoms with E-state index < -0.39 is 5.95 Å². The van der Waals surface area contributed by atoms with Crippen molar-refractivity contribution in [1.29, 1.82) is 0 Å². The van der Waals surface area contributed by atoms with Crippen molar-refractivity contribution in [2.24, 2.45) is 21.6 Å². The number of rotatable bonds is 8. The fraction of sp³-hybridized carbons (Fsp3) is 0.458. The lowest BCUT2D eigenvalue weighted by Gasteiger charge is -2.22. The van der Waals surface area contributed by atoms with E-state index in [9.17, 15) is 9.18 Å². The summed E-state index contributed by atoms with van der Waals surface area (Å²) >= 11 is 0. The molecular formula is C24H32FN5O2. The zero-order valence-corrected chi connectivity index (χ0v) is 19.3. The summed E-state index contributed by atoms with van der Waals surface area (Å²) in [5, 5.41) is 2.91. The topological polar surface area (TPSA) is 92.3 Å². The molecule has 3 N–H and O–H groups in total. The van der Waals surface area contributed by atoms with Crippen LogP contribution in [0.15, 0.2) is 46.0 Å². The van der Waals surface area contributed by atoms with Crippen molar-refractivity contribution >= 4 is 17.6 Å². The number of aryl methyl sites for hydroxylation is 1. The third kappa shape index (κ3) is 5.36. The molecule has 0 atom stereocenters. The van der Waals surface area contributed by atoms with Gasteiger partial charge in [0.1, 0.15) is 17.3 Å². The van der Waals surface area contributed by atoms with E-state index >= 15 is 0 Å². The van der Waals surface area contributed by atoms with Crippen molar-refractivity contribution in [3.63, 3.8) is 0 Å². The van der Waals surface area contributed by atoms with Crippen LogP contribution in [0.25, 0.3) is 0 Å². The van der Waals surface area contributed by atoms with E-state index in [4.69, 9.17) is 15.5 Å². The smallest absolute Gasteiger partial charge is 0.222 e. The van der Waals surface area contributed by atoms with Crippen LogP contribution < -0.4 is 15.8 Å². The molecule has 1 aromatic rings. The standard InChI is InChI=1S/C24H32FN5O2/c1-14(2)24(31)27-8-6-9-30-21(29-22(16(4)26)23(30)28-17(5)25)13-19-12-20-18(7-10-32-20)11-15(19)3/h11-12,14H,5-10,13,26H2,1-4H3,(H,27,31)/b22-16-,28-23+. The molecule has 2 heterocycles. The molecule has 0 aliphatic carbocycles. The first-order valence-corrected chi connectivity index (χ1v) is 10.9. The Morgan fingerprint density at radius 1 is 1.44 bits per heavy atom. The lowest BCUT2D eigenvalue weighted by atomic mass is 10.0. The molecule has 2 aliphatic rings. The second kappa shape index (κ2) is 9.97. The summed E-state index contributed by atoms with van der Waals surface area (Å²) in [6.45, 7) is 12.5. The Balaban J connectivity index is 1.85. The van der Waals surface area contributed by atoms with Crippen molar-refractivity contribution in [1.82, 2.24) is 10.2 Å². The summed E-state index contributed by atoms with van der Waals surface area (Å²) < 4.78 is 19.4. The Kier molecular flexibility index (Phi) is 7.33. The fourth-order valence-corrected chi connectivity index (χ4v) is 3.76. The molecule has 172 valence electrons. The predicted molar refractivity (Wildman–Crippen MR) is 125 cm³/mol. The van der Waals surface area contributed by atoms with E-state index in [1.165, 1.54) is 5.56 Å². The van der Waals surface area contributed by atoms with Gasteiger partial charge in [0.05, 0.1) is 6.61 Å². The van der Waals surface area contributed by atoms with Gasteiger partial charge in [-0.25, -0.2) is 9.98 Å². The van der Waals surface area contributed by atoms with E-state index in [1.807, 2.05) is 18.7 Å². The molecule has 0 aromatic heterocycles. The summed E-state index contributed by atoms with van der Waals surface area (Å²) in [6.07, 6.45) is 2.08. The minimum atomic E-state index is -0.810. The van der Waals surface area contributed by atoms with Gasteiger partial charge in [0.25, 0.3) is 0 Å². The molecule has 1 aromatic carbocycles. The number of carbonyl (C=O) groups is 1. The Morgan fingerprint density at radius 2 is 2.19 bits per heavy atom. The third-order valence-corrected chi connectivity index (χ3v) is 5.50. The Morgan fingerprint density at radius 3 is 2.84 bits per heavy atom. The lowest BCUT2D eigenvalue weighted by Crippen LogP contribution is -2.37. The van der Waals surface area contributed by atoms with Gasteiger partial charge in [0, 0.05) is 37.5 Å². The highest BCUT2D eigenvalue weighted by Gasteiger charge is 2.30. The van der Waals surface area contributed by atoms with E-state index in [0.717, 1.165) is 29.1 Å². The Bertz CT molecular complexity index is 1010. The predicted octanol–water partition coefficient (Wildman–Crippen LogP) is 3.38. The number of fused-ring (bicyclic) bond motifs is 1. The second-order valence-corrected chi connectivity index (χ2v) is 8.48. The largest absolute Gasteiger partial charge is 0.493 e. The van der Waals surface area contributed by atoms with Crippen molar-refractivity contribution in [2.45, 2.75) is 47.0 Å². The van der Waals surface area contributed by atoms with Gasteiger partial charge >= 0.3 is 0 Å². The molecule has 0 saturated carbocycles. The highest BCUT2D eigenvalue weighted by atomic mass is 19.1. The first kappa shape index (κ1) is 23.5. The molecule has 0 bridgehead atoms. The molecule has 3 rings (SSSR count). The molecule has 0 radical (unpaired) electrons. The molecule has 0 spiro atoms. The number of carbonyl (C=O) groups excluding carboxylic acids is 1. The average molecular weight is 442 g/mol. The Labute approximate surface area is 188 Å². The summed E-state index contributed by atoms with van der Waals surface area (Å²) in [5.41, 5.74) is 10.4. The number of hydrogen-bond acceptors (Lipinski definition) is 5. The van der Waals surface area contributed by atoms with Crippen LogP contribution in [0.1, 0.15) is 43.9 Å². The molecule has 7 nitrogen and oxygen atoms in total. The molecule has 0 unspecified atom stereocenters. The van der Waals surface area contributed by atoms with Crippen LogP contribution in [0.3, 0.4) is 0 Å². The zero-order chi connectivity index (χ0) is 23.4. The molecule has 1 amide bonds. The van der Waals surface area contributed by atoms with E-state index in [-0.39, 0.29) is 11.8 Å². The number of amidine groups is 2. The number of nitrogens with one attached hydrogen (secondary N) is 1. The molecule has 8 heteroatoms. The maximum atomic E-state index is 13.7. The fourth-order valence-electron chi connectivity index (χ4n) is 3.76. The highest BCUT2D eigenvalue weighted by Crippen LogP contribution is 2.30. The van der Waals surface area contributed by atoms with Crippen LogP contribution in [0.5, 0.6) is 5.75 Å². The molecular weight excluding hydrogens is 409 g/mol. The SMILES string of the molecule is C=C(F)/N=C1\C(=C(/C)N)N=C(Cc2cc3c(cc2C)CCO3)N1CCCNC(=O)C(C)C. The van der Waals surface area contributed by atoms with Crippen molar-refractivity contribution in [3.8, 4) is 5.75 Å². The van der Waals surface area contributed by atoms with Crippen LogP contribution in [-0.2, 0) is 17.6 Å². The van der Waals surface area contributed by atoms with Gasteiger partial charge in [0.15, 0.2) is 5.84 Å². The molecule has 0 saturated heterocycles. The minimum absolute atomic E-state index is 0.00140. The van der Waals surface area contributed by atoms with Crippen molar-refractivity contribution < 1.29 is 13.9 Å².